The van der Waals surface area contributed by atoms with E-state index in [-0.39, 0.29) is 29.6 Å². The SMILES string of the molecule is CC(C)(ON=C(CNC1C(=O)N(S(=O)(=O)O)C1Cn1cc(CCN)nn1)c1csc(N)n1)C(=O)O. The van der Waals surface area contributed by atoms with E-state index in [0.29, 0.717) is 23.0 Å². The van der Waals surface area contributed by atoms with Gasteiger partial charge in [-0.2, -0.15) is 8.42 Å². The standard InChI is InChI=1S/C17H25N9O7S2/c1-17(2,15(28)29)33-23-10(11-8-34-16(19)21-11)5-20-13-12(26(14(13)27)35(30,31)32)7-25-6-9(3-4-18)22-24-25/h6,8,12-13,20H,3-5,7,18H2,1-2H3,(H2,19,21)(H,28,29)(H,30,31,32). The fraction of sp³-hybridized carbons (Fsp3) is 0.529. The molecule has 3 rings (SSSR count). The number of carboxylic acids is 1. The average Bonchev–Trinajstić information content (AvgIpc) is 3.38. The summed E-state index contributed by atoms with van der Waals surface area (Å²) in [5.41, 5.74) is 10.5. The number of carboxylic acid groups (broad SMARTS) is 1. The van der Waals surface area contributed by atoms with Crippen molar-refractivity contribution in [3.8, 4) is 0 Å². The van der Waals surface area contributed by atoms with Crippen LogP contribution in [0, 0.1) is 0 Å². The summed E-state index contributed by atoms with van der Waals surface area (Å²) >= 11 is 1.11. The molecule has 1 fully saturated rings. The van der Waals surface area contributed by atoms with Crippen LogP contribution in [0.4, 0.5) is 5.13 Å². The summed E-state index contributed by atoms with van der Waals surface area (Å²) in [5.74, 6) is -2.16. The number of β-lactam (4-membered cyclic amide) rings is 1. The van der Waals surface area contributed by atoms with E-state index in [1.807, 2.05) is 0 Å². The average molecular weight is 532 g/mol. The molecule has 18 heteroatoms. The monoisotopic (exact) mass is 531 g/mol. The maximum absolute atomic E-state index is 12.6. The van der Waals surface area contributed by atoms with Crippen molar-refractivity contribution >= 4 is 44.4 Å². The number of nitrogens with zero attached hydrogens (tertiary/aromatic N) is 6. The Morgan fingerprint density at radius 2 is 2.14 bits per heavy atom. The zero-order valence-electron chi connectivity index (χ0n) is 18.7. The second-order valence-electron chi connectivity index (χ2n) is 8.02. The Labute approximate surface area is 203 Å². The van der Waals surface area contributed by atoms with Crippen LogP contribution >= 0.6 is 11.3 Å². The van der Waals surface area contributed by atoms with Gasteiger partial charge in [-0.25, -0.2) is 14.1 Å². The van der Waals surface area contributed by atoms with Crippen LogP contribution in [0.2, 0.25) is 0 Å². The quantitative estimate of drug-likeness (QED) is 0.0868. The first-order valence-corrected chi connectivity index (χ1v) is 12.4. The number of thiazole rings is 1. The Bertz CT molecular complexity index is 1220. The van der Waals surface area contributed by atoms with Crippen molar-refractivity contribution in [1.29, 1.82) is 0 Å². The maximum atomic E-state index is 12.6. The molecule has 0 saturated carbocycles. The van der Waals surface area contributed by atoms with E-state index < -0.39 is 39.9 Å². The predicted octanol–water partition coefficient (Wildman–Crippen LogP) is -1.93. The van der Waals surface area contributed by atoms with E-state index in [4.69, 9.17) is 16.3 Å². The number of nitrogens with one attached hydrogen (secondary N) is 1. The van der Waals surface area contributed by atoms with Crippen LogP contribution in [-0.4, -0.2) is 90.7 Å². The number of aromatic nitrogens is 4. The number of aliphatic carboxylic acids is 1. The first-order chi connectivity index (χ1) is 16.3. The third-order valence-corrected chi connectivity index (χ3v) is 6.61. The van der Waals surface area contributed by atoms with Gasteiger partial charge in [0, 0.05) is 24.5 Å². The van der Waals surface area contributed by atoms with E-state index in [0.717, 1.165) is 11.3 Å². The van der Waals surface area contributed by atoms with Gasteiger partial charge in [0.25, 0.3) is 5.91 Å². The normalized spacial score (nSPS) is 19.0. The molecule has 0 aromatic carbocycles. The molecule has 2 aromatic heterocycles. The highest BCUT2D eigenvalue weighted by molar-refractivity contribution is 7.84. The molecule has 3 heterocycles. The molecule has 0 spiro atoms. The lowest BCUT2D eigenvalue weighted by Gasteiger charge is -2.44. The van der Waals surface area contributed by atoms with Gasteiger partial charge < -0.3 is 21.4 Å². The fourth-order valence-electron chi connectivity index (χ4n) is 3.09. The van der Waals surface area contributed by atoms with Gasteiger partial charge >= 0.3 is 16.3 Å². The summed E-state index contributed by atoms with van der Waals surface area (Å²) < 4.78 is 34.7. The van der Waals surface area contributed by atoms with E-state index in [1.165, 1.54) is 18.5 Å². The third-order valence-electron chi connectivity index (χ3n) is 4.98. The third kappa shape index (κ3) is 6.09. The van der Waals surface area contributed by atoms with Crippen molar-refractivity contribution in [2.24, 2.45) is 10.9 Å². The van der Waals surface area contributed by atoms with Gasteiger partial charge in [0.05, 0.1) is 18.3 Å². The molecule has 2 unspecified atom stereocenters. The lowest BCUT2D eigenvalue weighted by atomic mass is 9.98. The Morgan fingerprint density at radius 3 is 2.71 bits per heavy atom. The van der Waals surface area contributed by atoms with Gasteiger partial charge in [-0.05, 0) is 20.4 Å². The minimum Gasteiger partial charge on any atom is -0.478 e. The molecule has 1 amide bonds. The molecule has 2 aromatic rings. The van der Waals surface area contributed by atoms with E-state index in [1.54, 1.807) is 11.6 Å². The summed E-state index contributed by atoms with van der Waals surface area (Å²) in [7, 11) is -4.83. The van der Waals surface area contributed by atoms with Crippen molar-refractivity contribution in [3.05, 3.63) is 23.0 Å². The Morgan fingerprint density at radius 1 is 1.43 bits per heavy atom. The minimum atomic E-state index is -4.83. The lowest BCUT2D eigenvalue weighted by molar-refractivity contribution is -0.161. The van der Waals surface area contributed by atoms with Crippen molar-refractivity contribution in [2.45, 2.75) is 44.5 Å². The molecule has 1 aliphatic rings. The predicted molar refractivity (Wildman–Crippen MR) is 123 cm³/mol. The smallest absolute Gasteiger partial charge is 0.362 e. The van der Waals surface area contributed by atoms with E-state index >= 15 is 0 Å². The van der Waals surface area contributed by atoms with E-state index in [2.05, 4.69) is 25.8 Å². The fourth-order valence-corrected chi connectivity index (χ4v) is 4.54. The van der Waals surface area contributed by atoms with Crippen LogP contribution in [-0.2, 0) is 37.7 Å². The molecule has 1 aliphatic heterocycles. The second-order valence-corrected chi connectivity index (χ2v) is 10.2. The summed E-state index contributed by atoms with van der Waals surface area (Å²) in [6, 6.07) is -2.10. The largest absolute Gasteiger partial charge is 0.478 e. The summed E-state index contributed by atoms with van der Waals surface area (Å²) in [6.45, 7) is 2.67. The maximum Gasteiger partial charge on any atom is 0.362 e. The Balaban J connectivity index is 1.80. The van der Waals surface area contributed by atoms with E-state index in [9.17, 15) is 27.7 Å². The van der Waals surface area contributed by atoms with Crippen molar-refractivity contribution in [2.75, 3.05) is 18.8 Å². The van der Waals surface area contributed by atoms with Crippen LogP contribution in [0.5, 0.6) is 0 Å². The van der Waals surface area contributed by atoms with Crippen LogP contribution < -0.4 is 16.8 Å². The number of hydrogen-bond acceptors (Lipinski definition) is 13. The summed E-state index contributed by atoms with van der Waals surface area (Å²) in [6.07, 6.45) is 2.01. The lowest BCUT2D eigenvalue weighted by Crippen LogP contribution is -2.72. The molecule has 7 N–H and O–H groups in total. The van der Waals surface area contributed by atoms with Gasteiger partial charge in [0.15, 0.2) is 5.13 Å². The van der Waals surface area contributed by atoms with Gasteiger partial charge in [0.2, 0.25) is 5.60 Å². The number of carbonyl (C=O) groups is 2. The number of oxime groups is 1. The molecule has 1 saturated heterocycles. The van der Waals surface area contributed by atoms with Gasteiger partial charge in [-0.15, -0.1) is 16.4 Å². The first-order valence-electron chi connectivity index (χ1n) is 10.2. The van der Waals surface area contributed by atoms with Crippen LogP contribution in [0.3, 0.4) is 0 Å². The number of hydrogen-bond donors (Lipinski definition) is 5. The Hall–Kier alpha value is -3.19. The molecule has 192 valence electrons. The first kappa shape index (κ1) is 26.4. The minimum absolute atomic E-state index is 0.0978. The summed E-state index contributed by atoms with van der Waals surface area (Å²) in [4.78, 5) is 33.1. The second kappa shape index (κ2) is 10.2. The number of nitrogen functional groups attached to an aromatic ring is 1. The van der Waals surface area contributed by atoms with Crippen LogP contribution in [0.15, 0.2) is 16.7 Å². The number of nitrogens with two attached hydrogens (primary N) is 2. The van der Waals surface area contributed by atoms with Crippen LogP contribution in [0.1, 0.15) is 25.2 Å². The molecule has 35 heavy (non-hydrogen) atoms. The summed E-state index contributed by atoms with van der Waals surface area (Å²) in [5, 5.41) is 25.6. The number of rotatable bonds is 12. The van der Waals surface area contributed by atoms with Gasteiger partial charge in [-0.1, -0.05) is 10.4 Å². The highest BCUT2D eigenvalue weighted by Crippen LogP contribution is 2.25. The van der Waals surface area contributed by atoms with Gasteiger partial charge in [0.1, 0.15) is 17.4 Å². The zero-order valence-corrected chi connectivity index (χ0v) is 20.4. The number of carbonyl (C=O) groups excluding carboxylic acids is 1. The molecule has 2 atom stereocenters. The van der Waals surface area contributed by atoms with Crippen molar-refractivity contribution in [1.82, 2.24) is 29.6 Å². The number of anilines is 1. The number of amides is 1. The van der Waals surface area contributed by atoms with Crippen LogP contribution in [0.25, 0.3) is 0 Å². The Kier molecular flexibility index (Phi) is 7.70. The van der Waals surface area contributed by atoms with Gasteiger partial charge in [-0.3, -0.25) is 19.3 Å². The highest BCUT2D eigenvalue weighted by Gasteiger charge is 2.53. The topological polar surface area (TPSA) is 241 Å². The molecule has 0 aliphatic carbocycles. The molecular weight excluding hydrogens is 506 g/mol. The molecule has 16 nitrogen and oxygen atoms in total. The van der Waals surface area contributed by atoms with Crippen molar-refractivity contribution in [3.63, 3.8) is 0 Å². The zero-order chi connectivity index (χ0) is 26.0. The molecular formula is C17H25N9O7S2. The highest BCUT2D eigenvalue weighted by atomic mass is 32.2. The van der Waals surface area contributed by atoms with Crippen molar-refractivity contribution < 1.29 is 32.5 Å². The molecule has 0 radical (unpaired) electrons. The molecule has 0 bridgehead atoms.